The van der Waals surface area contributed by atoms with Crippen LogP contribution in [-0.4, -0.2) is 35.7 Å². The number of anilines is 1. The van der Waals surface area contributed by atoms with Crippen LogP contribution in [0.2, 0.25) is 0 Å². The Balaban J connectivity index is 1.82. The topological polar surface area (TPSA) is 79.5 Å². The molecule has 0 radical (unpaired) electrons. The summed E-state index contributed by atoms with van der Waals surface area (Å²) in [4.78, 5) is 17.9. The molecule has 1 fully saturated rings. The first kappa shape index (κ1) is 16.5. The molecule has 5 heteroatoms. The molecule has 1 aliphatic heterocycles. The fraction of sp³-hybridized carbons (Fsp3) is 0.368. The lowest BCUT2D eigenvalue weighted by atomic mass is 9.75. The number of aromatic nitrogens is 1. The maximum absolute atomic E-state index is 11.4. The molecular weight excluding hydrogens is 302 g/mol. The lowest BCUT2D eigenvalue weighted by Crippen LogP contribution is -2.47. The number of hydrogen-bond donors (Lipinski definition) is 2. The summed E-state index contributed by atoms with van der Waals surface area (Å²) in [5.74, 6) is 0.297. The highest BCUT2D eigenvalue weighted by Crippen LogP contribution is 2.35. The predicted molar refractivity (Wildman–Crippen MR) is 93.9 cm³/mol. The number of amides is 1. The zero-order chi connectivity index (χ0) is 17.0. The van der Waals surface area contributed by atoms with Gasteiger partial charge in [0.1, 0.15) is 5.82 Å². The van der Waals surface area contributed by atoms with E-state index in [0.717, 1.165) is 31.6 Å². The number of rotatable bonds is 5. The molecule has 2 heterocycles. The predicted octanol–water partition coefficient (Wildman–Crippen LogP) is 2.00. The maximum Gasteiger partial charge on any atom is 0.248 e. The first-order chi connectivity index (χ1) is 11.6. The molecule has 0 aliphatic carbocycles. The molecule has 1 saturated heterocycles. The number of carbonyl (C=O) groups is 1. The summed E-state index contributed by atoms with van der Waals surface area (Å²) in [7, 11) is 0. The van der Waals surface area contributed by atoms with Crippen LogP contribution in [0.4, 0.5) is 5.82 Å². The van der Waals surface area contributed by atoms with Crippen molar-refractivity contribution in [2.45, 2.75) is 19.3 Å². The zero-order valence-electron chi connectivity index (χ0n) is 13.7. The van der Waals surface area contributed by atoms with Crippen LogP contribution in [0.3, 0.4) is 0 Å². The van der Waals surface area contributed by atoms with E-state index in [9.17, 15) is 9.90 Å². The minimum absolute atomic E-state index is 0.133. The van der Waals surface area contributed by atoms with Crippen LogP contribution in [0, 0.1) is 5.41 Å². The van der Waals surface area contributed by atoms with Crippen LogP contribution in [0.25, 0.3) is 0 Å². The number of nitrogens with zero attached hydrogens (tertiary/aromatic N) is 2. The summed E-state index contributed by atoms with van der Waals surface area (Å²) in [6, 6.07) is 13.6. The van der Waals surface area contributed by atoms with E-state index in [-0.39, 0.29) is 12.0 Å². The lowest BCUT2D eigenvalue weighted by Gasteiger charge is -2.42. The summed E-state index contributed by atoms with van der Waals surface area (Å²) >= 11 is 0. The average molecular weight is 325 g/mol. The van der Waals surface area contributed by atoms with Gasteiger partial charge in [-0.25, -0.2) is 4.98 Å². The van der Waals surface area contributed by atoms with Gasteiger partial charge in [0.05, 0.1) is 6.61 Å². The highest BCUT2D eigenvalue weighted by molar-refractivity contribution is 5.93. The minimum Gasteiger partial charge on any atom is -0.396 e. The van der Waals surface area contributed by atoms with Crippen LogP contribution in [0.15, 0.2) is 48.7 Å². The normalized spacial score (nSPS) is 20.8. The third-order valence-corrected chi connectivity index (χ3v) is 4.77. The van der Waals surface area contributed by atoms with Crippen molar-refractivity contribution in [1.29, 1.82) is 0 Å². The van der Waals surface area contributed by atoms with E-state index in [2.05, 4.69) is 22.0 Å². The summed E-state index contributed by atoms with van der Waals surface area (Å²) in [6.07, 6.45) is 4.40. The third-order valence-electron chi connectivity index (χ3n) is 4.77. The highest BCUT2D eigenvalue weighted by Gasteiger charge is 2.35. The Labute approximate surface area is 142 Å². The number of pyridine rings is 1. The van der Waals surface area contributed by atoms with E-state index >= 15 is 0 Å². The van der Waals surface area contributed by atoms with Gasteiger partial charge < -0.3 is 15.7 Å². The number of aliphatic hydroxyl groups is 1. The van der Waals surface area contributed by atoms with Crippen molar-refractivity contribution in [2.24, 2.45) is 11.1 Å². The number of benzene rings is 1. The van der Waals surface area contributed by atoms with Gasteiger partial charge in [0.2, 0.25) is 5.91 Å². The third kappa shape index (κ3) is 3.57. The molecule has 1 aliphatic rings. The van der Waals surface area contributed by atoms with Crippen molar-refractivity contribution in [3.05, 3.63) is 59.8 Å². The number of carbonyl (C=O) groups excluding carboxylic acids is 1. The van der Waals surface area contributed by atoms with Gasteiger partial charge in [-0.2, -0.15) is 0 Å². The van der Waals surface area contributed by atoms with Gasteiger partial charge in [0.25, 0.3) is 0 Å². The molecule has 0 unspecified atom stereocenters. The Morgan fingerprint density at radius 2 is 2.08 bits per heavy atom. The standard InChI is InChI=1S/C19H23N3O2/c20-18(24)16-7-9-21-17(11-16)22-10-4-8-19(13-22,14-23)12-15-5-2-1-3-6-15/h1-3,5-7,9,11,23H,4,8,10,12-14H2,(H2,20,24)/t19-/m0/s1. The molecule has 1 aromatic carbocycles. The minimum atomic E-state index is -0.451. The van der Waals surface area contributed by atoms with E-state index < -0.39 is 5.91 Å². The number of piperidine rings is 1. The van der Waals surface area contributed by atoms with Crippen LogP contribution < -0.4 is 10.6 Å². The monoisotopic (exact) mass is 325 g/mol. The first-order valence-electron chi connectivity index (χ1n) is 8.27. The summed E-state index contributed by atoms with van der Waals surface area (Å²) in [6.45, 7) is 1.72. The summed E-state index contributed by atoms with van der Waals surface area (Å²) in [5.41, 5.74) is 6.87. The quantitative estimate of drug-likeness (QED) is 0.881. The van der Waals surface area contributed by atoms with Gasteiger partial charge >= 0.3 is 0 Å². The second kappa shape index (κ2) is 7.01. The second-order valence-corrected chi connectivity index (χ2v) is 6.61. The lowest BCUT2D eigenvalue weighted by molar-refractivity contribution is 0.0999. The van der Waals surface area contributed by atoms with E-state index in [1.165, 1.54) is 5.56 Å². The van der Waals surface area contributed by atoms with Gasteiger partial charge in [-0.3, -0.25) is 4.79 Å². The Morgan fingerprint density at radius 3 is 2.79 bits per heavy atom. The molecule has 3 rings (SSSR count). The maximum atomic E-state index is 11.4. The van der Waals surface area contributed by atoms with E-state index in [4.69, 9.17) is 5.73 Å². The molecular formula is C19H23N3O2. The fourth-order valence-corrected chi connectivity index (χ4v) is 3.51. The van der Waals surface area contributed by atoms with Crippen molar-refractivity contribution < 1.29 is 9.90 Å². The zero-order valence-corrected chi connectivity index (χ0v) is 13.7. The number of nitrogens with two attached hydrogens (primary N) is 1. The summed E-state index contributed by atoms with van der Waals surface area (Å²) in [5, 5.41) is 10.1. The van der Waals surface area contributed by atoms with Gasteiger partial charge in [-0.1, -0.05) is 30.3 Å². The molecule has 24 heavy (non-hydrogen) atoms. The Bertz CT molecular complexity index is 705. The van der Waals surface area contributed by atoms with Crippen LogP contribution in [-0.2, 0) is 6.42 Å². The summed E-state index contributed by atoms with van der Waals surface area (Å²) < 4.78 is 0. The van der Waals surface area contributed by atoms with Crippen molar-refractivity contribution in [2.75, 3.05) is 24.6 Å². The molecule has 0 bridgehead atoms. The van der Waals surface area contributed by atoms with Gasteiger partial charge in [-0.05, 0) is 37.0 Å². The molecule has 0 spiro atoms. The SMILES string of the molecule is NC(=O)c1ccnc(N2CCC[C@](CO)(Cc3ccccc3)C2)c1. The smallest absolute Gasteiger partial charge is 0.248 e. The Morgan fingerprint density at radius 1 is 1.29 bits per heavy atom. The molecule has 2 aromatic rings. The van der Waals surface area contributed by atoms with Crippen LogP contribution in [0.1, 0.15) is 28.8 Å². The average Bonchev–Trinajstić information content (AvgIpc) is 2.63. The Kier molecular flexibility index (Phi) is 4.81. The van der Waals surface area contributed by atoms with Crippen molar-refractivity contribution in [1.82, 2.24) is 4.98 Å². The first-order valence-corrected chi connectivity index (χ1v) is 8.27. The van der Waals surface area contributed by atoms with E-state index in [1.54, 1.807) is 18.3 Å². The molecule has 0 saturated carbocycles. The fourth-order valence-electron chi connectivity index (χ4n) is 3.51. The molecule has 5 nitrogen and oxygen atoms in total. The van der Waals surface area contributed by atoms with Gasteiger partial charge in [0, 0.05) is 30.3 Å². The molecule has 1 atom stereocenters. The molecule has 3 N–H and O–H groups in total. The Hall–Kier alpha value is -2.40. The number of primary amides is 1. The van der Waals surface area contributed by atoms with Crippen LogP contribution >= 0.6 is 0 Å². The number of hydrogen-bond acceptors (Lipinski definition) is 4. The van der Waals surface area contributed by atoms with Gasteiger partial charge in [-0.15, -0.1) is 0 Å². The molecule has 126 valence electrons. The molecule has 1 aromatic heterocycles. The molecule has 1 amide bonds. The number of aliphatic hydroxyl groups excluding tert-OH is 1. The largest absolute Gasteiger partial charge is 0.396 e. The van der Waals surface area contributed by atoms with E-state index in [1.807, 2.05) is 18.2 Å². The van der Waals surface area contributed by atoms with E-state index in [0.29, 0.717) is 12.1 Å². The van der Waals surface area contributed by atoms with Gasteiger partial charge in [0.15, 0.2) is 0 Å². The second-order valence-electron chi connectivity index (χ2n) is 6.61. The van der Waals surface area contributed by atoms with Crippen molar-refractivity contribution in [3.63, 3.8) is 0 Å². The van der Waals surface area contributed by atoms with Crippen molar-refractivity contribution >= 4 is 11.7 Å². The highest BCUT2D eigenvalue weighted by atomic mass is 16.3. The van der Waals surface area contributed by atoms with Crippen molar-refractivity contribution in [3.8, 4) is 0 Å². The van der Waals surface area contributed by atoms with Crippen LogP contribution in [0.5, 0.6) is 0 Å².